The van der Waals surface area contributed by atoms with Gasteiger partial charge in [0.1, 0.15) is 6.04 Å². The smallest absolute Gasteiger partial charge is 0.242 e. The minimum absolute atomic E-state index is 0.125. The Kier molecular flexibility index (Phi) is 7.27. The fourth-order valence-electron chi connectivity index (χ4n) is 3.00. The number of sulfonamides is 1. The van der Waals surface area contributed by atoms with Crippen molar-refractivity contribution < 1.29 is 13.2 Å². The molecule has 0 aromatic heterocycles. The van der Waals surface area contributed by atoms with E-state index in [2.05, 4.69) is 32.6 Å². The summed E-state index contributed by atoms with van der Waals surface area (Å²) in [6.45, 7) is 3.84. The summed E-state index contributed by atoms with van der Waals surface area (Å²) in [6, 6.07) is 20.7. The minimum atomic E-state index is -3.87. The number of aryl methyl sites for hydroxylation is 2. The highest BCUT2D eigenvalue weighted by Crippen LogP contribution is 2.18. The zero-order chi connectivity index (χ0) is 21.7. The molecule has 2 N–H and O–H groups in total. The van der Waals surface area contributed by atoms with Gasteiger partial charge in [0.05, 0.1) is 4.90 Å². The summed E-state index contributed by atoms with van der Waals surface area (Å²) < 4.78 is 29.4. The molecule has 0 spiro atoms. The van der Waals surface area contributed by atoms with Gasteiger partial charge in [-0.2, -0.15) is 4.72 Å². The van der Waals surface area contributed by atoms with Gasteiger partial charge in [-0.1, -0.05) is 42.5 Å². The van der Waals surface area contributed by atoms with Crippen molar-refractivity contribution in [2.75, 3.05) is 5.32 Å². The molecule has 1 atom stereocenters. The Morgan fingerprint density at radius 1 is 0.967 bits per heavy atom. The second-order valence-electron chi connectivity index (χ2n) is 7.13. The van der Waals surface area contributed by atoms with E-state index in [0.29, 0.717) is 5.69 Å². The Labute approximate surface area is 191 Å². The van der Waals surface area contributed by atoms with E-state index in [-0.39, 0.29) is 11.3 Å². The number of hydrogen-bond acceptors (Lipinski definition) is 3. The van der Waals surface area contributed by atoms with E-state index >= 15 is 0 Å². The van der Waals surface area contributed by atoms with Gasteiger partial charge in [0.25, 0.3) is 0 Å². The predicted molar refractivity (Wildman–Crippen MR) is 128 cm³/mol. The second-order valence-corrected chi connectivity index (χ2v) is 10.1. The Morgan fingerprint density at radius 2 is 1.63 bits per heavy atom. The predicted octanol–water partition coefficient (Wildman–Crippen LogP) is 4.44. The van der Waals surface area contributed by atoms with E-state index < -0.39 is 22.0 Å². The number of nitrogens with one attached hydrogen (secondary N) is 2. The van der Waals surface area contributed by atoms with Crippen molar-refractivity contribution in [2.24, 2.45) is 0 Å². The van der Waals surface area contributed by atoms with E-state index in [1.165, 1.54) is 12.1 Å². The van der Waals surface area contributed by atoms with Crippen LogP contribution in [0.3, 0.4) is 0 Å². The largest absolute Gasteiger partial charge is 0.324 e. The van der Waals surface area contributed by atoms with Crippen molar-refractivity contribution in [2.45, 2.75) is 31.2 Å². The molecule has 7 heteroatoms. The second kappa shape index (κ2) is 9.72. The van der Waals surface area contributed by atoms with E-state index in [9.17, 15) is 13.2 Å². The molecule has 0 aliphatic rings. The zero-order valence-electron chi connectivity index (χ0n) is 16.7. The molecule has 0 saturated heterocycles. The molecular formula is C23H23IN2O3S. The molecule has 5 nitrogen and oxygen atoms in total. The molecule has 0 heterocycles. The summed E-state index contributed by atoms with van der Waals surface area (Å²) in [5, 5.41) is 2.89. The van der Waals surface area contributed by atoms with Crippen LogP contribution in [0.2, 0.25) is 0 Å². The molecule has 0 aliphatic heterocycles. The normalized spacial score (nSPS) is 12.4. The summed E-state index contributed by atoms with van der Waals surface area (Å²) in [4.78, 5) is 13.2. The first-order chi connectivity index (χ1) is 14.2. The van der Waals surface area contributed by atoms with Crippen LogP contribution in [0.5, 0.6) is 0 Å². The highest BCUT2D eigenvalue weighted by Gasteiger charge is 2.26. The van der Waals surface area contributed by atoms with Crippen LogP contribution in [0.15, 0.2) is 77.7 Å². The molecule has 0 fully saturated rings. The molecule has 0 bridgehead atoms. The lowest BCUT2D eigenvalue weighted by atomic mass is 10.1. The molecular weight excluding hydrogens is 511 g/mol. The van der Waals surface area contributed by atoms with Gasteiger partial charge in [-0.05, 0) is 89.9 Å². The van der Waals surface area contributed by atoms with Crippen molar-refractivity contribution in [3.05, 3.63) is 93.1 Å². The third kappa shape index (κ3) is 5.90. The van der Waals surface area contributed by atoms with Crippen LogP contribution in [-0.4, -0.2) is 20.4 Å². The van der Waals surface area contributed by atoms with Crippen LogP contribution < -0.4 is 10.0 Å². The number of halogens is 1. The van der Waals surface area contributed by atoms with Gasteiger partial charge in [-0.25, -0.2) is 8.42 Å². The van der Waals surface area contributed by atoms with Crippen LogP contribution in [0, 0.1) is 17.4 Å². The van der Waals surface area contributed by atoms with Crippen molar-refractivity contribution >= 4 is 44.2 Å². The topological polar surface area (TPSA) is 75.3 Å². The lowest BCUT2D eigenvalue weighted by molar-refractivity contribution is -0.117. The summed E-state index contributed by atoms with van der Waals surface area (Å²) in [5.41, 5.74) is 3.46. The molecule has 3 rings (SSSR count). The van der Waals surface area contributed by atoms with Crippen LogP contribution >= 0.6 is 22.6 Å². The Bertz CT molecular complexity index is 1130. The number of hydrogen-bond donors (Lipinski definition) is 2. The Hall–Kier alpha value is -2.23. The zero-order valence-corrected chi connectivity index (χ0v) is 19.7. The fourth-order valence-corrected chi connectivity index (χ4v) is 4.55. The fraction of sp³-hybridized carbons (Fsp3) is 0.174. The van der Waals surface area contributed by atoms with Gasteiger partial charge in [0.15, 0.2) is 0 Å². The molecule has 0 radical (unpaired) electrons. The van der Waals surface area contributed by atoms with Gasteiger partial charge in [0.2, 0.25) is 15.9 Å². The number of benzene rings is 3. The number of rotatable bonds is 7. The highest BCUT2D eigenvalue weighted by atomic mass is 127. The van der Waals surface area contributed by atoms with Gasteiger partial charge in [-0.15, -0.1) is 0 Å². The Morgan fingerprint density at radius 3 is 2.30 bits per heavy atom. The lowest BCUT2D eigenvalue weighted by Crippen LogP contribution is -2.45. The first kappa shape index (κ1) is 22.5. The quantitative estimate of drug-likeness (QED) is 0.441. The van der Waals surface area contributed by atoms with Gasteiger partial charge >= 0.3 is 0 Å². The Balaban J connectivity index is 1.88. The van der Waals surface area contributed by atoms with E-state index in [0.717, 1.165) is 20.3 Å². The average molecular weight is 534 g/mol. The highest BCUT2D eigenvalue weighted by molar-refractivity contribution is 14.1. The van der Waals surface area contributed by atoms with E-state index in [1.807, 2.05) is 62.4 Å². The number of carbonyl (C=O) groups excluding carboxylic acids is 1. The minimum Gasteiger partial charge on any atom is -0.324 e. The number of amides is 1. The molecule has 156 valence electrons. The summed E-state index contributed by atoms with van der Waals surface area (Å²) in [5.74, 6) is -0.401. The van der Waals surface area contributed by atoms with Crippen LogP contribution in [0.1, 0.15) is 16.7 Å². The third-order valence-electron chi connectivity index (χ3n) is 4.67. The third-order valence-corrected chi connectivity index (χ3v) is 6.88. The van der Waals surface area contributed by atoms with Crippen molar-refractivity contribution in [3.63, 3.8) is 0 Å². The lowest BCUT2D eigenvalue weighted by Gasteiger charge is -2.20. The first-order valence-electron chi connectivity index (χ1n) is 9.44. The average Bonchev–Trinajstić information content (AvgIpc) is 2.71. The van der Waals surface area contributed by atoms with Crippen molar-refractivity contribution in [1.82, 2.24) is 4.72 Å². The van der Waals surface area contributed by atoms with Crippen LogP contribution in [-0.2, 0) is 21.2 Å². The molecule has 1 amide bonds. The SMILES string of the molecule is Cc1ccc(C)c(NC(=O)[C@H](Cc2ccccc2)NS(=O)(=O)c2ccc(I)cc2)c1. The van der Waals surface area contributed by atoms with Crippen molar-refractivity contribution in [3.8, 4) is 0 Å². The number of carbonyl (C=O) groups is 1. The molecule has 0 saturated carbocycles. The summed E-state index contributed by atoms with van der Waals surface area (Å²) in [7, 11) is -3.87. The summed E-state index contributed by atoms with van der Waals surface area (Å²) in [6.07, 6.45) is 0.237. The maximum Gasteiger partial charge on any atom is 0.242 e. The molecule has 3 aromatic rings. The van der Waals surface area contributed by atoms with Crippen molar-refractivity contribution in [1.29, 1.82) is 0 Å². The van der Waals surface area contributed by atoms with Crippen LogP contribution in [0.25, 0.3) is 0 Å². The monoisotopic (exact) mass is 534 g/mol. The van der Waals surface area contributed by atoms with Gasteiger partial charge < -0.3 is 5.32 Å². The molecule has 30 heavy (non-hydrogen) atoms. The van der Waals surface area contributed by atoms with Gasteiger partial charge in [0, 0.05) is 9.26 Å². The first-order valence-corrected chi connectivity index (χ1v) is 12.0. The molecule has 3 aromatic carbocycles. The molecule has 0 aliphatic carbocycles. The number of anilines is 1. The van der Waals surface area contributed by atoms with Gasteiger partial charge in [-0.3, -0.25) is 4.79 Å². The van der Waals surface area contributed by atoms with E-state index in [1.54, 1.807) is 12.1 Å². The maximum absolute atomic E-state index is 13.1. The van der Waals surface area contributed by atoms with Crippen LogP contribution in [0.4, 0.5) is 5.69 Å². The summed E-state index contributed by atoms with van der Waals surface area (Å²) >= 11 is 2.11. The maximum atomic E-state index is 13.1. The van der Waals surface area contributed by atoms with E-state index in [4.69, 9.17) is 0 Å². The molecule has 0 unspecified atom stereocenters. The standard InChI is InChI=1S/C23H23IN2O3S/c1-16-8-9-17(2)21(14-16)25-23(27)22(15-18-6-4-3-5-7-18)26-30(28,29)20-12-10-19(24)11-13-20/h3-14,22,26H,15H2,1-2H3,(H,25,27)/t22-/m0/s1.